The van der Waals surface area contributed by atoms with Crippen molar-refractivity contribution in [2.45, 2.75) is 13.1 Å². The molecule has 0 spiro atoms. The van der Waals surface area contributed by atoms with Crippen molar-refractivity contribution in [2.75, 3.05) is 24.3 Å². The van der Waals surface area contributed by atoms with Crippen LogP contribution in [0.5, 0.6) is 0 Å². The molecule has 3 rings (SSSR count). The molecule has 29 heavy (non-hydrogen) atoms. The van der Waals surface area contributed by atoms with E-state index in [1.54, 1.807) is 50.2 Å². The predicted molar refractivity (Wildman–Crippen MR) is 107 cm³/mol. The van der Waals surface area contributed by atoms with Crippen LogP contribution in [0, 0.1) is 6.92 Å². The summed E-state index contributed by atoms with van der Waals surface area (Å²) in [6.07, 6.45) is -3.30. The minimum absolute atomic E-state index is 0.162. The maximum Gasteiger partial charge on any atom is 0.418 e. The molecule has 0 bridgehead atoms. The van der Waals surface area contributed by atoms with Crippen molar-refractivity contribution >= 4 is 28.9 Å². The second-order valence-corrected chi connectivity index (χ2v) is 7.05. The molecule has 0 unspecified atom stereocenters. The Morgan fingerprint density at radius 2 is 1.90 bits per heavy atom. The fourth-order valence-corrected chi connectivity index (χ4v) is 3.03. The molecule has 0 atom stereocenters. The number of nitrogens with one attached hydrogen (secondary N) is 1. The summed E-state index contributed by atoms with van der Waals surface area (Å²) < 4.78 is 42.0. The van der Waals surface area contributed by atoms with Crippen molar-refractivity contribution in [1.82, 2.24) is 9.78 Å². The van der Waals surface area contributed by atoms with Crippen LogP contribution in [0.1, 0.15) is 21.6 Å². The van der Waals surface area contributed by atoms with Gasteiger partial charge < -0.3 is 10.2 Å². The number of nitrogens with zero attached hydrogens (tertiary/aromatic N) is 3. The smallest absolute Gasteiger partial charge is 0.378 e. The summed E-state index contributed by atoms with van der Waals surface area (Å²) in [6.45, 7) is 1.66. The maximum absolute atomic E-state index is 13.5. The van der Waals surface area contributed by atoms with Crippen LogP contribution in [0.2, 0.25) is 5.02 Å². The Kier molecular flexibility index (Phi) is 5.57. The van der Waals surface area contributed by atoms with Gasteiger partial charge in [0.05, 0.1) is 34.4 Å². The summed E-state index contributed by atoms with van der Waals surface area (Å²) in [7, 11) is 3.28. The summed E-state index contributed by atoms with van der Waals surface area (Å²) in [6, 6.07) is 10.6. The van der Waals surface area contributed by atoms with Crippen LogP contribution in [0.3, 0.4) is 0 Å². The molecule has 0 radical (unpaired) electrons. The van der Waals surface area contributed by atoms with E-state index in [4.69, 9.17) is 11.6 Å². The van der Waals surface area contributed by atoms with Gasteiger partial charge in [-0.15, -0.1) is 0 Å². The number of benzene rings is 2. The lowest BCUT2D eigenvalue weighted by Gasteiger charge is -2.18. The molecule has 0 fully saturated rings. The second-order valence-electron chi connectivity index (χ2n) is 6.61. The average Bonchev–Trinajstić information content (AvgIpc) is 3.02. The van der Waals surface area contributed by atoms with E-state index in [1.807, 2.05) is 0 Å². The van der Waals surface area contributed by atoms with Gasteiger partial charge in [-0.2, -0.15) is 18.3 Å². The lowest BCUT2D eigenvalue weighted by Crippen LogP contribution is -2.18. The van der Waals surface area contributed by atoms with Crippen molar-refractivity contribution in [3.63, 3.8) is 0 Å². The quantitative estimate of drug-likeness (QED) is 0.631. The van der Waals surface area contributed by atoms with E-state index in [9.17, 15) is 18.0 Å². The molecule has 1 heterocycles. The Labute approximate surface area is 170 Å². The zero-order valence-corrected chi connectivity index (χ0v) is 16.6. The zero-order chi connectivity index (χ0) is 21.3. The van der Waals surface area contributed by atoms with Gasteiger partial charge in [-0.1, -0.05) is 17.7 Å². The van der Waals surface area contributed by atoms with E-state index >= 15 is 0 Å². The van der Waals surface area contributed by atoms with E-state index in [1.165, 1.54) is 23.0 Å². The number of halogens is 4. The van der Waals surface area contributed by atoms with Gasteiger partial charge in [0.2, 0.25) is 0 Å². The van der Waals surface area contributed by atoms with Crippen molar-refractivity contribution in [3.05, 3.63) is 70.5 Å². The Balaban J connectivity index is 1.94. The van der Waals surface area contributed by atoms with Gasteiger partial charge >= 0.3 is 6.18 Å². The number of rotatable bonds is 4. The highest BCUT2D eigenvalue weighted by atomic mass is 35.5. The van der Waals surface area contributed by atoms with Gasteiger partial charge in [-0.25, -0.2) is 4.68 Å². The first kappa shape index (κ1) is 20.7. The highest BCUT2D eigenvalue weighted by Gasteiger charge is 2.34. The van der Waals surface area contributed by atoms with Crippen molar-refractivity contribution in [2.24, 2.45) is 0 Å². The van der Waals surface area contributed by atoms with Crippen LogP contribution in [-0.4, -0.2) is 29.8 Å². The maximum atomic E-state index is 13.5. The van der Waals surface area contributed by atoms with Crippen LogP contribution < -0.4 is 10.2 Å². The number of carbonyl (C=O) groups excluding carboxylic acids is 1. The van der Waals surface area contributed by atoms with Crippen LogP contribution in [0.4, 0.5) is 24.5 Å². The number of anilines is 2. The Bertz CT molecular complexity index is 1060. The molecule has 5 nitrogen and oxygen atoms in total. The van der Waals surface area contributed by atoms with Gasteiger partial charge in [0.1, 0.15) is 0 Å². The Morgan fingerprint density at radius 1 is 1.17 bits per heavy atom. The van der Waals surface area contributed by atoms with E-state index in [2.05, 4.69) is 10.4 Å². The van der Waals surface area contributed by atoms with E-state index < -0.39 is 17.6 Å². The van der Waals surface area contributed by atoms with Crippen molar-refractivity contribution in [3.8, 4) is 5.69 Å². The minimum Gasteiger partial charge on any atom is -0.378 e. The second kappa shape index (κ2) is 7.79. The average molecular weight is 423 g/mol. The van der Waals surface area contributed by atoms with E-state index in [0.717, 1.165) is 6.07 Å². The third-order valence-corrected chi connectivity index (χ3v) is 4.62. The Morgan fingerprint density at radius 3 is 2.52 bits per heavy atom. The predicted octanol–water partition coefficient (Wildman–Crippen LogP) is 5.17. The zero-order valence-electron chi connectivity index (χ0n) is 15.9. The molecule has 2 aromatic carbocycles. The summed E-state index contributed by atoms with van der Waals surface area (Å²) in [5.74, 6) is -0.682. The Hall–Kier alpha value is -3.00. The first-order chi connectivity index (χ1) is 13.6. The van der Waals surface area contributed by atoms with Gasteiger partial charge in [-0.05, 0) is 43.3 Å². The number of hydrogen-bond acceptors (Lipinski definition) is 3. The van der Waals surface area contributed by atoms with Gasteiger partial charge in [0.15, 0.2) is 0 Å². The monoisotopic (exact) mass is 422 g/mol. The first-order valence-electron chi connectivity index (χ1n) is 8.58. The largest absolute Gasteiger partial charge is 0.418 e. The molecule has 0 aliphatic rings. The van der Waals surface area contributed by atoms with E-state index in [0.29, 0.717) is 22.1 Å². The van der Waals surface area contributed by atoms with Crippen molar-refractivity contribution in [1.29, 1.82) is 0 Å². The number of aromatic nitrogens is 2. The molecule has 9 heteroatoms. The lowest BCUT2D eigenvalue weighted by atomic mass is 10.1. The third kappa shape index (κ3) is 4.37. The number of hydrogen-bond donors (Lipinski definition) is 1. The van der Waals surface area contributed by atoms with Gasteiger partial charge in [0.25, 0.3) is 5.91 Å². The summed E-state index contributed by atoms with van der Waals surface area (Å²) in [5.41, 5.74) is 0.415. The van der Waals surface area contributed by atoms with Crippen LogP contribution in [0.25, 0.3) is 5.69 Å². The molecule has 0 saturated heterocycles. The van der Waals surface area contributed by atoms with Crippen molar-refractivity contribution < 1.29 is 18.0 Å². The molecule has 0 saturated carbocycles. The SMILES string of the molecule is Cc1c(C(=O)Nc2ccc(N(C)C)cc2C(F)(F)F)cnn1-c1cccc(Cl)c1. The summed E-state index contributed by atoms with van der Waals surface area (Å²) >= 11 is 5.99. The van der Waals surface area contributed by atoms with Gasteiger partial charge in [-0.3, -0.25) is 4.79 Å². The molecule has 0 aliphatic carbocycles. The topological polar surface area (TPSA) is 50.2 Å². The normalized spacial score (nSPS) is 11.4. The number of alkyl halides is 3. The highest BCUT2D eigenvalue weighted by molar-refractivity contribution is 6.30. The van der Waals surface area contributed by atoms with Crippen LogP contribution >= 0.6 is 11.6 Å². The highest BCUT2D eigenvalue weighted by Crippen LogP contribution is 2.37. The number of carbonyl (C=O) groups is 1. The molecule has 3 aromatic rings. The molecular weight excluding hydrogens is 405 g/mol. The molecule has 1 amide bonds. The molecular formula is C20H18ClF3N4O. The molecule has 0 aliphatic heterocycles. The standard InChI is InChI=1S/C20H18ClF3N4O/c1-12-16(11-25-28(12)15-6-4-5-13(21)9-15)19(29)26-18-8-7-14(27(2)3)10-17(18)20(22,23)24/h4-11H,1-3H3,(H,26,29). The molecule has 1 aromatic heterocycles. The summed E-state index contributed by atoms with van der Waals surface area (Å²) in [5, 5.41) is 7.03. The molecule has 152 valence electrons. The fourth-order valence-electron chi connectivity index (χ4n) is 2.84. The fraction of sp³-hybridized carbons (Fsp3) is 0.200. The van der Waals surface area contributed by atoms with Crippen LogP contribution in [0.15, 0.2) is 48.7 Å². The van der Waals surface area contributed by atoms with Crippen LogP contribution in [-0.2, 0) is 6.18 Å². The van der Waals surface area contributed by atoms with Gasteiger partial charge in [0, 0.05) is 24.8 Å². The summed E-state index contributed by atoms with van der Waals surface area (Å²) in [4.78, 5) is 14.2. The molecule has 1 N–H and O–H groups in total. The minimum atomic E-state index is -4.62. The number of amides is 1. The lowest BCUT2D eigenvalue weighted by molar-refractivity contribution is -0.136. The first-order valence-corrected chi connectivity index (χ1v) is 8.96. The third-order valence-electron chi connectivity index (χ3n) is 4.38. The van der Waals surface area contributed by atoms with E-state index in [-0.39, 0.29) is 11.3 Å².